The maximum atomic E-state index is 13.7. The highest BCUT2D eigenvalue weighted by molar-refractivity contribution is 5.98. The van der Waals surface area contributed by atoms with E-state index in [1.807, 2.05) is 36.1 Å². The number of anilines is 1. The third-order valence-electron chi connectivity index (χ3n) is 5.64. The minimum Gasteiger partial charge on any atom is -0.352 e. The maximum Gasteiger partial charge on any atom is 0.256 e. The lowest BCUT2D eigenvalue weighted by Gasteiger charge is -2.40. The molecule has 31 heavy (non-hydrogen) atoms. The van der Waals surface area contributed by atoms with Gasteiger partial charge in [-0.2, -0.15) is 20.3 Å². The molecule has 0 radical (unpaired) electrons. The molecule has 3 aromatic rings. The molecule has 158 valence electrons. The molecular weight excluding hydrogens is 392 g/mol. The fraction of sp³-hybridized carbons (Fsp3) is 0.364. The van der Waals surface area contributed by atoms with E-state index in [1.54, 1.807) is 12.4 Å². The maximum absolute atomic E-state index is 13.7. The second-order valence-corrected chi connectivity index (χ2v) is 7.81. The van der Waals surface area contributed by atoms with E-state index in [0.717, 1.165) is 18.4 Å². The van der Waals surface area contributed by atoms with Crippen LogP contribution in [0.4, 0.5) is 5.95 Å². The molecule has 3 heterocycles. The number of hydrogen-bond donors (Lipinski definition) is 1. The quantitative estimate of drug-likeness (QED) is 0.680. The van der Waals surface area contributed by atoms with Gasteiger partial charge in [-0.3, -0.25) is 4.79 Å². The molecule has 1 amide bonds. The second kappa shape index (κ2) is 8.92. The number of amides is 1. The standard InChI is InChI=1S/C22H24N8O/c1-15-5-6-19(30-27-7-8-28-30)18(10-15)21(31)29-9-3-4-16(2)20(29)14-26-22-24-12-17(11-23)13-25-22/h5-8,10,12-13,16,20H,3-4,9,14H2,1-2H3,(H,24,25,26). The minimum absolute atomic E-state index is 0.0144. The minimum atomic E-state index is -0.0323. The van der Waals surface area contributed by atoms with Crippen molar-refractivity contribution in [2.24, 2.45) is 5.92 Å². The summed E-state index contributed by atoms with van der Waals surface area (Å²) in [5.41, 5.74) is 2.67. The van der Waals surface area contributed by atoms with Crippen LogP contribution in [0.5, 0.6) is 0 Å². The van der Waals surface area contributed by atoms with Gasteiger partial charge in [0, 0.05) is 13.1 Å². The van der Waals surface area contributed by atoms with Crippen LogP contribution in [0, 0.1) is 24.2 Å². The fourth-order valence-corrected chi connectivity index (χ4v) is 3.98. The SMILES string of the molecule is Cc1ccc(-n2nccn2)c(C(=O)N2CCCC(C)C2CNc2ncc(C#N)cn2)c1. The van der Waals surface area contributed by atoms with Crippen molar-refractivity contribution in [3.8, 4) is 11.8 Å². The van der Waals surface area contributed by atoms with Crippen molar-refractivity contribution in [3.05, 3.63) is 59.7 Å². The van der Waals surface area contributed by atoms with Gasteiger partial charge in [-0.1, -0.05) is 18.6 Å². The number of carbonyl (C=O) groups excluding carboxylic acids is 1. The number of nitriles is 1. The number of nitrogens with one attached hydrogen (secondary N) is 1. The Hall–Kier alpha value is -3.80. The van der Waals surface area contributed by atoms with Crippen molar-refractivity contribution in [3.63, 3.8) is 0 Å². The van der Waals surface area contributed by atoms with Crippen LogP contribution in [0.3, 0.4) is 0 Å². The normalized spacial score (nSPS) is 18.4. The van der Waals surface area contributed by atoms with E-state index in [9.17, 15) is 4.79 Å². The summed E-state index contributed by atoms with van der Waals surface area (Å²) in [5, 5.41) is 20.6. The zero-order valence-electron chi connectivity index (χ0n) is 17.6. The zero-order valence-corrected chi connectivity index (χ0v) is 17.6. The number of likely N-dealkylation sites (tertiary alicyclic amines) is 1. The van der Waals surface area contributed by atoms with Crippen molar-refractivity contribution in [1.29, 1.82) is 5.26 Å². The summed E-state index contributed by atoms with van der Waals surface area (Å²) in [6, 6.07) is 7.73. The van der Waals surface area contributed by atoms with Gasteiger partial charge in [0.15, 0.2) is 0 Å². The lowest BCUT2D eigenvalue weighted by molar-refractivity contribution is 0.0539. The first kappa shape index (κ1) is 20.5. The Morgan fingerprint density at radius 1 is 1.26 bits per heavy atom. The Labute approximate surface area is 180 Å². The first-order valence-corrected chi connectivity index (χ1v) is 10.3. The molecule has 1 aliphatic rings. The van der Waals surface area contributed by atoms with Crippen LogP contribution in [0.2, 0.25) is 0 Å². The van der Waals surface area contributed by atoms with Gasteiger partial charge in [0.2, 0.25) is 5.95 Å². The van der Waals surface area contributed by atoms with Crippen LogP contribution in [0.1, 0.15) is 41.3 Å². The summed E-state index contributed by atoms with van der Waals surface area (Å²) in [5.74, 6) is 0.732. The largest absolute Gasteiger partial charge is 0.352 e. The summed E-state index contributed by atoms with van der Waals surface area (Å²) in [4.78, 5) is 25.5. The lowest BCUT2D eigenvalue weighted by atomic mass is 9.90. The number of aromatic nitrogens is 5. The summed E-state index contributed by atoms with van der Waals surface area (Å²) in [7, 11) is 0. The predicted molar refractivity (Wildman–Crippen MR) is 115 cm³/mol. The molecule has 2 atom stereocenters. The molecule has 4 rings (SSSR count). The van der Waals surface area contributed by atoms with Crippen LogP contribution < -0.4 is 5.32 Å². The molecule has 2 unspecified atom stereocenters. The van der Waals surface area contributed by atoms with Gasteiger partial charge >= 0.3 is 0 Å². The van der Waals surface area contributed by atoms with Crippen LogP contribution in [-0.2, 0) is 0 Å². The van der Waals surface area contributed by atoms with E-state index >= 15 is 0 Å². The molecule has 1 saturated heterocycles. The van der Waals surface area contributed by atoms with Crippen molar-refractivity contribution in [2.75, 3.05) is 18.4 Å². The Bertz CT molecular complexity index is 1090. The van der Waals surface area contributed by atoms with Crippen LogP contribution in [0.15, 0.2) is 43.0 Å². The van der Waals surface area contributed by atoms with E-state index < -0.39 is 0 Å². The molecule has 2 aromatic heterocycles. The molecule has 9 nitrogen and oxygen atoms in total. The molecular formula is C22H24N8O. The van der Waals surface area contributed by atoms with Crippen molar-refractivity contribution in [2.45, 2.75) is 32.7 Å². The van der Waals surface area contributed by atoms with E-state index in [-0.39, 0.29) is 11.9 Å². The van der Waals surface area contributed by atoms with Crippen molar-refractivity contribution in [1.82, 2.24) is 29.9 Å². The lowest BCUT2D eigenvalue weighted by Crippen LogP contribution is -2.51. The molecule has 1 aromatic carbocycles. The number of hydrogen-bond acceptors (Lipinski definition) is 7. The number of rotatable bonds is 5. The molecule has 9 heteroatoms. The van der Waals surface area contributed by atoms with Crippen LogP contribution in [-0.4, -0.2) is 54.9 Å². The first-order valence-electron chi connectivity index (χ1n) is 10.3. The monoisotopic (exact) mass is 416 g/mol. The molecule has 1 fully saturated rings. The number of carbonyl (C=O) groups is 1. The van der Waals surface area contributed by atoms with E-state index in [1.165, 1.54) is 17.2 Å². The summed E-state index contributed by atoms with van der Waals surface area (Å²) < 4.78 is 0. The second-order valence-electron chi connectivity index (χ2n) is 7.81. The average Bonchev–Trinajstić information content (AvgIpc) is 3.32. The number of aryl methyl sites for hydroxylation is 1. The molecule has 1 N–H and O–H groups in total. The van der Waals surface area contributed by atoms with Gasteiger partial charge in [-0.15, -0.1) is 0 Å². The van der Waals surface area contributed by atoms with E-state index in [0.29, 0.717) is 41.8 Å². The highest BCUT2D eigenvalue weighted by Gasteiger charge is 2.33. The highest BCUT2D eigenvalue weighted by Crippen LogP contribution is 2.27. The Kier molecular flexibility index (Phi) is 5.89. The number of benzene rings is 1. The first-order chi connectivity index (χ1) is 15.1. The number of nitrogens with zero attached hydrogens (tertiary/aromatic N) is 7. The molecule has 0 spiro atoms. The number of piperidine rings is 1. The molecule has 0 saturated carbocycles. The zero-order chi connectivity index (χ0) is 21.8. The molecule has 0 bridgehead atoms. The predicted octanol–water partition coefficient (Wildman–Crippen LogP) is 2.59. The fourth-order valence-electron chi connectivity index (χ4n) is 3.98. The van der Waals surface area contributed by atoms with Crippen LogP contribution >= 0.6 is 0 Å². The summed E-state index contributed by atoms with van der Waals surface area (Å²) in [6.45, 7) is 5.35. The Balaban J connectivity index is 1.58. The highest BCUT2D eigenvalue weighted by atomic mass is 16.2. The van der Waals surface area contributed by atoms with Crippen molar-refractivity contribution < 1.29 is 4.79 Å². The Morgan fingerprint density at radius 3 is 2.71 bits per heavy atom. The van der Waals surface area contributed by atoms with Gasteiger partial charge in [0.25, 0.3) is 5.91 Å². The molecule has 1 aliphatic heterocycles. The summed E-state index contributed by atoms with van der Waals surface area (Å²) >= 11 is 0. The van der Waals surface area contributed by atoms with E-state index in [2.05, 4.69) is 32.4 Å². The van der Waals surface area contributed by atoms with Gasteiger partial charge in [-0.25, -0.2) is 9.97 Å². The smallest absolute Gasteiger partial charge is 0.256 e. The summed E-state index contributed by atoms with van der Waals surface area (Å²) in [6.07, 6.45) is 8.17. The third-order valence-corrected chi connectivity index (χ3v) is 5.64. The Morgan fingerprint density at radius 2 is 2.00 bits per heavy atom. The van der Waals surface area contributed by atoms with Crippen LogP contribution in [0.25, 0.3) is 5.69 Å². The topological polar surface area (TPSA) is 113 Å². The van der Waals surface area contributed by atoms with Crippen molar-refractivity contribution >= 4 is 11.9 Å². The van der Waals surface area contributed by atoms with Gasteiger partial charge in [0.1, 0.15) is 6.07 Å². The van der Waals surface area contributed by atoms with E-state index in [4.69, 9.17) is 5.26 Å². The third kappa shape index (κ3) is 4.38. The van der Waals surface area contributed by atoms with Gasteiger partial charge in [-0.05, 0) is 37.8 Å². The molecule has 0 aliphatic carbocycles. The average molecular weight is 416 g/mol. The van der Waals surface area contributed by atoms with Gasteiger partial charge < -0.3 is 10.2 Å². The van der Waals surface area contributed by atoms with Gasteiger partial charge in [0.05, 0.1) is 47.6 Å².